The normalized spacial score (nSPS) is 10.6. The Bertz CT molecular complexity index is 1280. The van der Waals surface area contributed by atoms with Gasteiger partial charge in [-0.15, -0.1) is 0 Å². The van der Waals surface area contributed by atoms with Gasteiger partial charge in [0.2, 0.25) is 5.69 Å². The van der Waals surface area contributed by atoms with E-state index in [1.54, 1.807) is 0 Å². The van der Waals surface area contributed by atoms with Crippen molar-refractivity contribution < 1.29 is 4.57 Å². The lowest BCUT2D eigenvalue weighted by molar-refractivity contribution is -0.660. The lowest BCUT2D eigenvalue weighted by Crippen LogP contribution is -2.30. The summed E-state index contributed by atoms with van der Waals surface area (Å²) in [5.41, 5.74) is 11.6. The Morgan fingerprint density at radius 2 is 1.47 bits per heavy atom. The molecule has 0 bridgehead atoms. The van der Waals surface area contributed by atoms with E-state index in [4.69, 9.17) is 0 Å². The number of benzene rings is 3. The predicted octanol–water partition coefficient (Wildman–Crippen LogP) is 6.31. The fraction of sp³-hybridized carbons (Fsp3) is 0.143. The zero-order valence-corrected chi connectivity index (χ0v) is 17.9. The number of pyridine rings is 1. The molecule has 146 valence electrons. The van der Waals surface area contributed by atoms with Gasteiger partial charge in [0.1, 0.15) is 7.05 Å². The molecule has 0 spiro atoms. The zero-order valence-electron chi connectivity index (χ0n) is 17.9. The first-order valence-electron chi connectivity index (χ1n) is 10.2. The molecule has 2 heteroatoms. The minimum absolute atomic E-state index is 0.692. The number of hydrogen-bond acceptors (Lipinski definition) is 1. The van der Waals surface area contributed by atoms with Gasteiger partial charge >= 0.3 is 0 Å². The van der Waals surface area contributed by atoms with E-state index in [9.17, 15) is 5.26 Å². The van der Waals surface area contributed by atoms with Gasteiger partial charge in [0.05, 0.1) is 17.2 Å². The lowest BCUT2D eigenvalue weighted by atomic mass is 9.83. The van der Waals surface area contributed by atoms with E-state index in [0.29, 0.717) is 5.56 Å². The molecule has 0 unspecified atom stereocenters. The summed E-state index contributed by atoms with van der Waals surface area (Å²) in [4.78, 5) is 0. The van der Waals surface area contributed by atoms with E-state index in [1.807, 2.05) is 18.2 Å². The lowest BCUT2D eigenvalue weighted by Gasteiger charge is -2.20. The van der Waals surface area contributed by atoms with Gasteiger partial charge in [-0.1, -0.05) is 36.4 Å². The molecule has 0 aliphatic rings. The largest absolute Gasteiger partial charge is 0.212 e. The molecule has 4 rings (SSSR count). The maximum absolute atomic E-state index is 9.32. The molecule has 0 saturated carbocycles. The van der Waals surface area contributed by atoms with Crippen LogP contribution in [0.3, 0.4) is 0 Å². The van der Waals surface area contributed by atoms with Crippen LogP contribution in [-0.4, -0.2) is 0 Å². The summed E-state index contributed by atoms with van der Waals surface area (Å²) in [5.74, 6) is 0. The number of hydrogen-bond donors (Lipinski definition) is 0. The van der Waals surface area contributed by atoms with Crippen molar-refractivity contribution in [2.45, 2.75) is 20.8 Å². The third-order valence-corrected chi connectivity index (χ3v) is 5.80. The van der Waals surface area contributed by atoms with E-state index >= 15 is 0 Å². The second kappa shape index (κ2) is 7.97. The molecule has 3 aromatic carbocycles. The van der Waals surface area contributed by atoms with Crippen LogP contribution >= 0.6 is 0 Å². The molecule has 0 fully saturated rings. The van der Waals surface area contributed by atoms with E-state index in [2.05, 4.69) is 99.2 Å². The van der Waals surface area contributed by atoms with Crippen LogP contribution in [0, 0.1) is 32.1 Å². The van der Waals surface area contributed by atoms with Gasteiger partial charge in [-0.25, -0.2) is 4.57 Å². The van der Waals surface area contributed by atoms with E-state index < -0.39 is 0 Å². The Labute approximate surface area is 178 Å². The van der Waals surface area contributed by atoms with E-state index in [-0.39, 0.29) is 0 Å². The standard InChI is InChI=1S/C28H25N2/c1-19-16-22(18-29)13-14-24(19)28-21(3)27(26-12-8-9-15-30(26)4)20(2)17-25(28)23-10-6-5-7-11-23/h5-17H,1-4H3/q+1. The Hall–Kier alpha value is -3.70. The predicted molar refractivity (Wildman–Crippen MR) is 123 cm³/mol. The molecule has 0 radical (unpaired) electrons. The third kappa shape index (κ3) is 3.40. The van der Waals surface area contributed by atoms with Gasteiger partial charge in [0.15, 0.2) is 6.20 Å². The van der Waals surface area contributed by atoms with Crippen molar-refractivity contribution >= 4 is 0 Å². The second-order valence-corrected chi connectivity index (χ2v) is 7.82. The van der Waals surface area contributed by atoms with E-state index in [0.717, 1.165) is 5.56 Å². The van der Waals surface area contributed by atoms with Crippen LogP contribution in [0.5, 0.6) is 0 Å². The molecule has 0 atom stereocenters. The highest BCUT2D eigenvalue weighted by Gasteiger charge is 2.22. The Balaban J connectivity index is 2.09. The number of nitriles is 1. The maximum atomic E-state index is 9.32. The van der Waals surface area contributed by atoms with Gasteiger partial charge in [0.25, 0.3) is 0 Å². The second-order valence-electron chi connectivity index (χ2n) is 7.82. The molecule has 1 heterocycles. The number of nitrogens with zero attached hydrogens (tertiary/aromatic N) is 2. The Morgan fingerprint density at radius 1 is 0.733 bits per heavy atom. The highest BCUT2D eigenvalue weighted by Crippen LogP contribution is 2.42. The molecule has 1 aromatic heterocycles. The van der Waals surface area contributed by atoms with Crippen LogP contribution < -0.4 is 4.57 Å². The van der Waals surface area contributed by atoms with Crippen LogP contribution in [0.2, 0.25) is 0 Å². The molecule has 30 heavy (non-hydrogen) atoms. The van der Waals surface area contributed by atoms with Crippen molar-refractivity contribution in [3.8, 4) is 39.6 Å². The molecule has 0 aliphatic heterocycles. The SMILES string of the molecule is Cc1cc(C#N)ccc1-c1c(-c2ccccc2)cc(C)c(-c2cccc[n+]2C)c1C. The first-order valence-corrected chi connectivity index (χ1v) is 10.2. The fourth-order valence-corrected chi connectivity index (χ4v) is 4.37. The van der Waals surface area contributed by atoms with Gasteiger partial charge in [-0.05, 0) is 84.0 Å². The van der Waals surface area contributed by atoms with Gasteiger partial charge in [0, 0.05) is 12.1 Å². The maximum Gasteiger partial charge on any atom is 0.212 e. The zero-order chi connectivity index (χ0) is 21.3. The van der Waals surface area contributed by atoms with Crippen molar-refractivity contribution in [2.24, 2.45) is 7.05 Å². The van der Waals surface area contributed by atoms with E-state index in [1.165, 1.54) is 44.6 Å². The summed E-state index contributed by atoms with van der Waals surface area (Å²) in [6.45, 7) is 6.50. The number of aromatic nitrogens is 1. The molecular formula is C28H25N2+. The van der Waals surface area contributed by atoms with Crippen LogP contribution in [-0.2, 0) is 7.05 Å². The number of rotatable bonds is 3. The molecule has 0 aliphatic carbocycles. The van der Waals surface area contributed by atoms with Gasteiger partial charge < -0.3 is 0 Å². The van der Waals surface area contributed by atoms with Crippen molar-refractivity contribution in [3.05, 3.63) is 101 Å². The summed E-state index contributed by atoms with van der Waals surface area (Å²) >= 11 is 0. The summed E-state index contributed by atoms with van der Waals surface area (Å²) < 4.78 is 2.17. The van der Waals surface area contributed by atoms with Crippen molar-refractivity contribution in [2.75, 3.05) is 0 Å². The summed E-state index contributed by atoms with van der Waals surface area (Å²) in [7, 11) is 2.09. The average molecular weight is 390 g/mol. The third-order valence-electron chi connectivity index (χ3n) is 5.80. The monoisotopic (exact) mass is 389 g/mol. The molecule has 4 aromatic rings. The quantitative estimate of drug-likeness (QED) is 0.377. The summed E-state index contributed by atoms with van der Waals surface area (Å²) in [6, 6.07) is 27.4. The fourth-order valence-electron chi connectivity index (χ4n) is 4.37. The Morgan fingerprint density at radius 3 is 2.13 bits per heavy atom. The minimum Gasteiger partial charge on any atom is -0.201 e. The summed E-state index contributed by atoms with van der Waals surface area (Å²) in [6.07, 6.45) is 2.09. The van der Waals surface area contributed by atoms with Crippen molar-refractivity contribution in [1.29, 1.82) is 5.26 Å². The number of aryl methyl sites for hydroxylation is 3. The van der Waals surface area contributed by atoms with Crippen LogP contribution in [0.25, 0.3) is 33.5 Å². The van der Waals surface area contributed by atoms with Crippen LogP contribution in [0.15, 0.2) is 79.0 Å². The molecule has 2 nitrogen and oxygen atoms in total. The highest BCUT2D eigenvalue weighted by atomic mass is 14.9. The van der Waals surface area contributed by atoms with Gasteiger partial charge in [-0.3, -0.25) is 0 Å². The van der Waals surface area contributed by atoms with Gasteiger partial charge in [-0.2, -0.15) is 5.26 Å². The smallest absolute Gasteiger partial charge is 0.201 e. The minimum atomic E-state index is 0.692. The molecule has 0 amide bonds. The topological polar surface area (TPSA) is 27.7 Å². The van der Waals surface area contributed by atoms with Crippen molar-refractivity contribution in [3.63, 3.8) is 0 Å². The first kappa shape index (κ1) is 19.6. The molecule has 0 N–H and O–H groups in total. The highest BCUT2D eigenvalue weighted by molar-refractivity contribution is 5.92. The molecular weight excluding hydrogens is 364 g/mol. The average Bonchev–Trinajstić information content (AvgIpc) is 2.76. The first-order chi connectivity index (χ1) is 14.5. The summed E-state index contributed by atoms with van der Waals surface area (Å²) in [5, 5.41) is 9.32. The molecule has 0 saturated heterocycles. The Kier molecular flexibility index (Phi) is 5.21. The van der Waals surface area contributed by atoms with Crippen LogP contribution in [0.1, 0.15) is 22.3 Å². The van der Waals surface area contributed by atoms with Crippen LogP contribution in [0.4, 0.5) is 0 Å². The van der Waals surface area contributed by atoms with Crippen molar-refractivity contribution in [1.82, 2.24) is 0 Å².